The third kappa shape index (κ3) is 6.90. The fraction of sp³-hybridized carbons (Fsp3) is 0.500. The number of aryl methyl sites for hydroxylation is 1. The molecule has 2 fully saturated rings. The molecular weight excluding hydrogens is 631 g/mol. The van der Waals surface area contributed by atoms with Crippen molar-refractivity contribution < 1.29 is 31.8 Å². The van der Waals surface area contributed by atoms with Crippen molar-refractivity contribution in [2.75, 3.05) is 38.0 Å². The normalized spacial score (nSPS) is 18.0. The van der Waals surface area contributed by atoms with Crippen LogP contribution in [0.15, 0.2) is 35.4 Å². The lowest BCUT2D eigenvalue weighted by Crippen LogP contribution is -2.48. The Balaban J connectivity index is 1.40. The zero-order valence-corrected chi connectivity index (χ0v) is 28.1. The number of hydrogen-bond donors (Lipinski definition) is 1. The third-order valence-electron chi connectivity index (χ3n) is 8.60. The largest absolute Gasteiger partial charge is 0.452 e. The third-order valence-corrected chi connectivity index (χ3v) is 10.2. The predicted molar refractivity (Wildman–Crippen MR) is 172 cm³/mol. The Morgan fingerprint density at radius 3 is 2.60 bits per heavy atom. The molecule has 1 aromatic heterocycles. The van der Waals surface area contributed by atoms with E-state index >= 15 is 4.39 Å². The molecule has 0 bridgehead atoms. The number of amides is 1. The monoisotopic (exact) mass is 670 g/mol. The summed E-state index contributed by atoms with van der Waals surface area (Å²) in [5.41, 5.74) is -1.14. The molecule has 2 aliphatic rings. The van der Waals surface area contributed by atoms with Gasteiger partial charge in [-0.2, -0.15) is 18.0 Å². The van der Waals surface area contributed by atoms with E-state index in [4.69, 9.17) is 14.2 Å². The number of carbonyl (C=O) groups is 1. The van der Waals surface area contributed by atoms with Crippen LogP contribution in [0.25, 0.3) is 10.9 Å². The van der Waals surface area contributed by atoms with Gasteiger partial charge in [0.15, 0.2) is 11.6 Å². The first kappa shape index (κ1) is 34.1. The van der Waals surface area contributed by atoms with E-state index in [9.17, 15) is 23.3 Å². The van der Waals surface area contributed by atoms with Gasteiger partial charge < -0.3 is 19.1 Å². The van der Waals surface area contributed by atoms with E-state index in [0.29, 0.717) is 50.0 Å². The number of piperidine rings is 1. The van der Waals surface area contributed by atoms with Gasteiger partial charge in [-0.15, -0.1) is 0 Å². The molecule has 1 N–H and O–H groups in total. The molecule has 15 heteroatoms. The lowest BCUT2D eigenvalue weighted by molar-refractivity contribution is -0.0486. The van der Waals surface area contributed by atoms with E-state index in [-0.39, 0.29) is 46.6 Å². The van der Waals surface area contributed by atoms with E-state index in [1.165, 1.54) is 24.0 Å². The van der Waals surface area contributed by atoms with Gasteiger partial charge in [0.2, 0.25) is 0 Å². The molecule has 1 unspecified atom stereocenters. The number of aromatic nitrogens is 2. The summed E-state index contributed by atoms with van der Waals surface area (Å²) in [6.45, 7) is 10.2. The summed E-state index contributed by atoms with van der Waals surface area (Å²) in [5.74, 6) is -1.27. The second kappa shape index (κ2) is 12.7. The van der Waals surface area contributed by atoms with Gasteiger partial charge in [-0.3, -0.25) is 14.1 Å². The number of benzene rings is 2. The average molecular weight is 671 g/mol. The Morgan fingerprint density at radius 2 is 1.96 bits per heavy atom. The van der Waals surface area contributed by atoms with Gasteiger partial charge in [0.05, 0.1) is 41.2 Å². The average Bonchev–Trinajstić information content (AvgIpc) is 3.41. The number of likely N-dealkylation sites (tertiary alicyclic amines) is 1. The molecule has 0 saturated carbocycles. The minimum atomic E-state index is -4.01. The van der Waals surface area contributed by atoms with Crippen LogP contribution in [-0.4, -0.2) is 77.8 Å². The molecule has 2 saturated heterocycles. The number of carbonyl (C=O) groups excluding carboxylic acids is 1. The van der Waals surface area contributed by atoms with Crippen molar-refractivity contribution in [2.24, 2.45) is 0 Å². The number of fused-ring (bicyclic) bond motifs is 1. The van der Waals surface area contributed by atoms with Crippen molar-refractivity contribution in [1.29, 1.82) is 5.26 Å². The fourth-order valence-electron chi connectivity index (χ4n) is 5.85. The highest BCUT2D eigenvalue weighted by atomic mass is 32.2. The van der Waals surface area contributed by atoms with Crippen molar-refractivity contribution in [1.82, 2.24) is 18.8 Å². The topological polar surface area (TPSA) is 156 Å². The number of rotatable bonds is 7. The summed E-state index contributed by atoms with van der Waals surface area (Å²) in [4.78, 5) is 32.6. The van der Waals surface area contributed by atoms with Crippen LogP contribution >= 0.6 is 0 Å². The summed E-state index contributed by atoms with van der Waals surface area (Å²) in [7, 11) is -2.65. The van der Waals surface area contributed by atoms with E-state index < -0.39 is 33.0 Å². The molecule has 13 nitrogen and oxygen atoms in total. The lowest BCUT2D eigenvalue weighted by Gasteiger charge is -2.39. The molecule has 252 valence electrons. The first-order chi connectivity index (χ1) is 22.1. The van der Waals surface area contributed by atoms with Crippen molar-refractivity contribution in [2.45, 2.75) is 71.1 Å². The highest BCUT2D eigenvalue weighted by Gasteiger charge is 2.45. The molecule has 1 amide bonds. The maximum atomic E-state index is 15.1. The van der Waals surface area contributed by atoms with Crippen molar-refractivity contribution in [3.8, 4) is 17.6 Å². The maximum Gasteiger partial charge on any atom is 0.410 e. The van der Waals surface area contributed by atoms with E-state index in [2.05, 4.69) is 9.71 Å². The van der Waals surface area contributed by atoms with Crippen LogP contribution in [0.4, 0.5) is 14.9 Å². The van der Waals surface area contributed by atoms with Crippen LogP contribution in [0.3, 0.4) is 0 Å². The Labute approximate surface area is 273 Å². The number of halogens is 1. The molecule has 3 aromatic rings. The van der Waals surface area contributed by atoms with Gasteiger partial charge in [-0.05, 0) is 71.2 Å². The maximum absolute atomic E-state index is 15.1. The van der Waals surface area contributed by atoms with Crippen LogP contribution < -0.4 is 15.0 Å². The summed E-state index contributed by atoms with van der Waals surface area (Å²) in [6, 6.07) is 6.76. The van der Waals surface area contributed by atoms with E-state index in [0.717, 1.165) is 16.4 Å². The summed E-state index contributed by atoms with van der Waals surface area (Å²) in [6.07, 6.45) is 2.90. The highest BCUT2D eigenvalue weighted by molar-refractivity contribution is 7.90. The van der Waals surface area contributed by atoms with E-state index in [1.54, 1.807) is 24.8 Å². The van der Waals surface area contributed by atoms with Gasteiger partial charge in [0.25, 0.3) is 5.56 Å². The van der Waals surface area contributed by atoms with Crippen molar-refractivity contribution in [3.05, 3.63) is 57.9 Å². The first-order valence-electron chi connectivity index (χ1n) is 15.3. The quantitative estimate of drug-likeness (QED) is 0.371. The zero-order valence-electron chi connectivity index (χ0n) is 27.3. The number of nitrogens with one attached hydrogen (secondary N) is 1. The van der Waals surface area contributed by atoms with Gasteiger partial charge >= 0.3 is 16.3 Å². The molecule has 47 heavy (non-hydrogen) atoms. The smallest absolute Gasteiger partial charge is 0.410 e. The van der Waals surface area contributed by atoms with E-state index in [1.807, 2.05) is 26.8 Å². The van der Waals surface area contributed by atoms with Crippen molar-refractivity contribution >= 4 is 32.9 Å². The Morgan fingerprint density at radius 1 is 1.26 bits per heavy atom. The fourth-order valence-corrected chi connectivity index (χ4v) is 6.80. The Hall–Kier alpha value is -4.26. The number of nitriles is 1. The van der Waals surface area contributed by atoms with Gasteiger partial charge in [-0.25, -0.2) is 14.2 Å². The molecule has 1 spiro atoms. The number of anilines is 1. The van der Waals surface area contributed by atoms with Crippen LogP contribution in [0.1, 0.15) is 64.1 Å². The Kier molecular flexibility index (Phi) is 9.24. The van der Waals surface area contributed by atoms with Crippen LogP contribution in [0.2, 0.25) is 0 Å². The second-order valence-electron chi connectivity index (χ2n) is 12.9. The number of ether oxygens (including phenoxy) is 3. The molecule has 2 aromatic carbocycles. The zero-order chi connectivity index (χ0) is 34.3. The minimum Gasteiger partial charge on any atom is -0.452 e. The number of hydrogen-bond acceptors (Lipinski definition) is 9. The van der Waals surface area contributed by atoms with Gasteiger partial charge in [-0.1, -0.05) is 6.92 Å². The molecule has 2 aliphatic heterocycles. The van der Waals surface area contributed by atoms with Crippen LogP contribution in [-0.2, 0) is 19.7 Å². The molecule has 0 aliphatic carbocycles. The molecular formula is C32H39FN6O7S. The lowest BCUT2D eigenvalue weighted by atomic mass is 9.87. The summed E-state index contributed by atoms with van der Waals surface area (Å²) >= 11 is 0. The molecule has 1 atom stereocenters. The summed E-state index contributed by atoms with van der Waals surface area (Å²) in [5, 5.41) is 10.1. The summed E-state index contributed by atoms with van der Waals surface area (Å²) < 4.78 is 62.9. The SMILES string of the molecule is CCN(C)S(=O)(=O)Nc1ccc(F)c(Oc2ccc3ncn(C4COC5(CCN(C(=O)OC(C)(C)C)CC5)C4)c(=O)c3c2C)c1C#N. The highest BCUT2D eigenvalue weighted by Crippen LogP contribution is 2.41. The van der Waals surface area contributed by atoms with Crippen LogP contribution in [0.5, 0.6) is 11.5 Å². The van der Waals surface area contributed by atoms with Gasteiger partial charge in [0.1, 0.15) is 23.0 Å². The standard InChI is InChI=1S/C32H39FN6O7S/c1-7-37(6)47(42,43)36-24-9-8-23(33)28(22(24)17-34)45-26-11-10-25-27(20(26)2)29(40)39(19-35-25)21-16-32(44-18-21)12-14-38(15-13-32)30(41)46-31(3,4)5/h8-11,19,21,36H,7,12-16,18H2,1-6H3. The minimum absolute atomic E-state index is 0.101. The Bertz CT molecular complexity index is 1910. The first-order valence-corrected chi connectivity index (χ1v) is 16.8. The molecule has 5 rings (SSSR count). The second-order valence-corrected chi connectivity index (χ2v) is 14.7. The van der Waals surface area contributed by atoms with Crippen LogP contribution in [0, 0.1) is 24.1 Å². The molecule has 3 heterocycles. The predicted octanol–water partition coefficient (Wildman–Crippen LogP) is 4.85. The van der Waals surface area contributed by atoms with Crippen molar-refractivity contribution in [3.63, 3.8) is 0 Å². The number of nitrogens with zero attached hydrogens (tertiary/aromatic N) is 5. The molecule has 0 radical (unpaired) electrons. The van der Waals surface area contributed by atoms with Gasteiger partial charge in [0, 0.05) is 32.2 Å².